The number of allylic oxidation sites excluding steroid dienone is 1. The highest BCUT2D eigenvalue weighted by Gasteiger charge is 2.32. The first-order valence-corrected chi connectivity index (χ1v) is 12.2. The van der Waals surface area contributed by atoms with Gasteiger partial charge in [-0.1, -0.05) is 18.2 Å². The minimum absolute atomic E-state index is 0.160. The summed E-state index contributed by atoms with van der Waals surface area (Å²) in [7, 11) is 0. The monoisotopic (exact) mass is 574 g/mol. The molecule has 0 unspecified atom stereocenters. The Hall–Kier alpha value is -3.64. The molecule has 2 aromatic carbocycles. The van der Waals surface area contributed by atoms with E-state index in [1.165, 1.54) is 6.21 Å². The molecule has 10 nitrogen and oxygen atoms in total. The normalized spacial score (nSPS) is 16.4. The second-order valence-corrected chi connectivity index (χ2v) is 8.90. The first-order chi connectivity index (χ1) is 17.4. The lowest BCUT2D eigenvalue weighted by atomic mass is 9.95. The second-order valence-electron chi connectivity index (χ2n) is 7.64. The van der Waals surface area contributed by atoms with Crippen molar-refractivity contribution in [1.29, 1.82) is 0 Å². The van der Waals surface area contributed by atoms with Crippen LogP contribution in [-0.4, -0.2) is 43.2 Å². The van der Waals surface area contributed by atoms with Gasteiger partial charge in [0.2, 0.25) is 6.79 Å². The van der Waals surface area contributed by atoms with Gasteiger partial charge in [-0.25, -0.2) is 10.2 Å². The maximum Gasteiger partial charge on any atom is 0.338 e. The number of rotatable bonds is 8. The molecule has 0 spiro atoms. The highest BCUT2D eigenvalue weighted by Crippen LogP contribution is 2.36. The molecule has 188 valence electrons. The van der Waals surface area contributed by atoms with Gasteiger partial charge >= 0.3 is 5.97 Å². The number of hydrogen-bond donors (Lipinski definition) is 3. The van der Waals surface area contributed by atoms with E-state index in [2.05, 4.69) is 37.1 Å². The molecule has 0 bridgehead atoms. The van der Waals surface area contributed by atoms with Gasteiger partial charge in [0.05, 0.1) is 24.4 Å². The number of esters is 1. The number of para-hydroxylation sites is 1. The van der Waals surface area contributed by atoms with E-state index >= 15 is 0 Å². The molecule has 1 atom stereocenters. The maximum atomic E-state index is 12.7. The molecule has 0 fully saturated rings. The average Bonchev–Trinajstić information content (AvgIpc) is 3.29. The Balaban J connectivity index is 1.44. The summed E-state index contributed by atoms with van der Waals surface area (Å²) in [5.41, 5.74) is 4.73. The third kappa shape index (κ3) is 5.77. The number of nitrogens with zero attached hydrogens (tertiary/aromatic N) is 1. The van der Waals surface area contributed by atoms with Crippen LogP contribution >= 0.6 is 28.1 Å². The van der Waals surface area contributed by atoms with Crippen molar-refractivity contribution in [2.75, 3.05) is 20.0 Å². The summed E-state index contributed by atoms with van der Waals surface area (Å²) >= 11 is 8.73. The van der Waals surface area contributed by atoms with Gasteiger partial charge in [0.15, 0.2) is 23.2 Å². The molecule has 1 amide bonds. The highest BCUT2D eigenvalue weighted by atomic mass is 79.9. The molecule has 2 aliphatic rings. The molecule has 3 N–H and O–H groups in total. The Morgan fingerprint density at radius 2 is 2.03 bits per heavy atom. The minimum atomic E-state index is -0.613. The SMILES string of the molecule is CCOC(=O)C1=C(C)NC(=S)N[C@@H]1c1ccccc1OCC(=O)NN=Cc1cc2c(cc1Br)OCO2. The van der Waals surface area contributed by atoms with E-state index in [9.17, 15) is 9.59 Å². The van der Waals surface area contributed by atoms with Crippen LogP contribution in [0.25, 0.3) is 0 Å². The van der Waals surface area contributed by atoms with Crippen LogP contribution in [0.2, 0.25) is 0 Å². The molecule has 2 aromatic rings. The van der Waals surface area contributed by atoms with E-state index in [-0.39, 0.29) is 20.0 Å². The van der Waals surface area contributed by atoms with Gasteiger partial charge in [-0.2, -0.15) is 5.10 Å². The lowest BCUT2D eigenvalue weighted by molar-refractivity contribution is -0.139. The molecule has 12 heteroatoms. The number of halogens is 1. The third-order valence-electron chi connectivity index (χ3n) is 5.24. The van der Waals surface area contributed by atoms with Crippen molar-refractivity contribution in [3.05, 3.63) is 63.3 Å². The Labute approximate surface area is 221 Å². The summed E-state index contributed by atoms with van der Waals surface area (Å²) in [6, 6.07) is 9.99. The van der Waals surface area contributed by atoms with Crippen molar-refractivity contribution in [1.82, 2.24) is 16.1 Å². The quantitative estimate of drug-likeness (QED) is 0.189. The van der Waals surface area contributed by atoms with Crippen molar-refractivity contribution < 1.29 is 28.5 Å². The lowest BCUT2D eigenvalue weighted by Gasteiger charge is -2.30. The van der Waals surface area contributed by atoms with Gasteiger partial charge in [-0.15, -0.1) is 0 Å². The van der Waals surface area contributed by atoms with Crippen LogP contribution < -0.4 is 30.3 Å². The number of carbonyl (C=O) groups excluding carboxylic acids is 2. The summed E-state index contributed by atoms with van der Waals surface area (Å²) < 4.78 is 22.4. The molecule has 0 aromatic heterocycles. The summed E-state index contributed by atoms with van der Waals surface area (Å²) in [5.74, 6) is 0.703. The number of amides is 1. The molecule has 0 aliphatic carbocycles. The van der Waals surface area contributed by atoms with Crippen molar-refractivity contribution in [2.24, 2.45) is 5.10 Å². The summed E-state index contributed by atoms with van der Waals surface area (Å²) in [6.07, 6.45) is 1.48. The van der Waals surface area contributed by atoms with E-state index in [0.717, 1.165) is 4.47 Å². The molecule has 2 heterocycles. The van der Waals surface area contributed by atoms with E-state index in [0.29, 0.717) is 44.8 Å². The Morgan fingerprint density at radius 1 is 1.28 bits per heavy atom. The number of fused-ring (bicyclic) bond motifs is 1. The molecule has 36 heavy (non-hydrogen) atoms. The van der Waals surface area contributed by atoms with E-state index in [1.807, 2.05) is 0 Å². The number of hydrazone groups is 1. The summed E-state index contributed by atoms with van der Waals surface area (Å²) in [4.78, 5) is 25.0. The topological polar surface area (TPSA) is 120 Å². The van der Waals surface area contributed by atoms with Gasteiger partial charge in [0, 0.05) is 21.3 Å². The van der Waals surface area contributed by atoms with Crippen molar-refractivity contribution >= 4 is 51.4 Å². The number of nitrogens with one attached hydrogen (secondary N) is 3. The zero-order valence-corrected chi connectivity index (χ0v) is 21.8. The zero-order chi connectivity index (χ0) is 25.7. The Kier molecular flexibility index (Phi) is 8.06. The van der Waals surface area contributed by atoms with E-state index in [1.54, 1.807) is 50.2 Å². The van der Waals surface area contributed by atoms with Crippen LogP contribution in [0.3, 0.4) is 0 Å². The smallest absolute Gasteiger partial charge is 0.338 e. The maximum absolute atomic E-state index is 12.7. The average molecular weight is 575 g/mol. The Morgan fingerprint density at radius 3 is 2.81 bits per heavy atom. The molecule has 2 aliphatic heterocycles. The molecule has 0 saturated heterocycles. The number of ether oxygens (including phenoxy) is 4. The molecule has 4 rings (SSSR count). The van der Waals surface area contributed by atoms with Crippen LogP contribution in [0.1, 0.15) is 31.0 Å². The van der Waals surface area contributed by atoms with Crippen molar-refractivity contribution in [2.45, 2.75) is 19.9 Å². The fourth-order valence-electron chi connectivity index (χ4n) is 3.64. The molecule has 0 radical (unpaired) electrons. The largest absolute Gasteiger partial charge is 0.483 e. The van der Waals surface area contributed by atoms with Crippen LogP contribution in [-0.2, 0) is 14.3 Å². The minimum Gasteiger partial charge on any atom is -0.483 e. The highest BCUT2D eigenvalue weighted by molar-refractivity contribution is 9.10. The van der Waals surface area contributed by atoms with E-state index in [4.69, 9.17) is 31.2 Å². The van der Waals surface area contributed by atoms with Crippen LogP contribution in [0, 0.1) is 0 Å². The number of hydrogen-bond acceptors (Lipinski definition) is 8. The van der Waals surface area contributed by atoms with Gasteiger partial charge in [0.25, 0.3) is 5.91 Å². The predicted octanol–water partition coefficient (Wildman–Crippen LogP) is 3.06. The summed E-state index contributed by atoms with van der Waals surface area (Å²) in [5, 5.41) is 10.4. The van der Waals surface area contributed by atoms with Crippen LogP contribution in [0.15, 0.2) is 57.2 Å². The van der Waals surface area contributed by atoms with Gasteiger partial charge in [-0.3, -0.25) is 4.79 Å². The second kappa shape index (κ2) is 11.4. The third-order valence-corrected chi connectivity index (χ3v) is 6.14. The van der Waals surface area contributed by atoms with Crippen molar-refractivity contribution in [3.8, 4) is 17.2 Å². The first-order valence-electron chi connectivity index (χ1n) is 11.0. The summed E-state index contributed by atoms with van der Waals surface area (Å²) in [6.45, 7) is 3.57. The Bertz CT molecular complexity index is 1270. The predicted molar refractivity (Wildman–Crippen MR) is 139 cm³/mol. The van der Waals surface area contributed by atoms with Gasteiger partial charge in [-0.05, 0) is 60.2 Å². The fourth-order valence-corrected chi connectivity index (χ4v) is 4.33. The molecule has 0 saturated carbocycles. The van der Waals surface area contributed by atoms with Gasteiger partial charge in [0.1, 0.15) is 5.75 Å². The first kappa shape index (κ1) is 25.5. The number of thiocarbonyl (C=S) groups is 1. The number of carbonyl (C=O) groups is 2. The van der Waals surface area contributed by atoms with Crippen LogP contribution in [0.4, 0.5) is 0 Å². The fraction of sp³-hybridized carbons (Fsp3) is 0.250. The molecular weight excluding hydrogens is 552 g/mol. The van der Waals surface area contributed by atoms with E-state index < -0.39 is 17.9 Å². The van der Waals surface area contributed by atoms with Crippen molar-refractivity contribution in [3.63, 3.8) is 0 Å². The zero-order valence-electron chi connectivity index (χ0n) is 19.4. The standard InChI is InChI=1S/C24H23BrN4O6S/c1-3-32-23(31)21-13(2)27-24(36)28-22(21)15-6-4-5-7-17(15)33-11-20(30)29-26-10-14-8-18-19(9-16(14)25)35-12-34-18/h4-10,22H,3,11-12H2,1-2H3,(H,29,30)(H2,27,28,36)/t22-/m1/s1. The van der Waals surface area contributed by atoms with Crippen LogP contribution in [0.5, 0.6) is 17.2 Å². The molecular formula is C24H23BrN4O6S. The number of benzene rings is 2. The lowest BCUT2D eigenvalue weighted by Crippen LogP contribution is -2.45. The van der Waals surface area contributed by atoms with Gasteiger partial charge < -0.3 is 29.6 Å².